The second kappa shape index (κ2) is 5.69. The predicted molar refractivity (Wildman–Crippen MR) is 104 cm³/mol. The Morgan fingerprint density at radius 2 is 1.92 bits per heavy atom. The summed E-state index contributed by atoms with van der Waals surface area (Å²) in [5.74, 6) is 0.593. The largest absolute Gasteiger partial charge is 0.344 e. The third-order valence-electron chi connectivity index (χ3n) is 5.20. The molecule has 1 aromatic carbocycles. The maximum atomic E-state index is 12.5. The highest BCUT2D eigenvalue weighted by Gasteiger charge is 2.45. The second-order valence-corrected chi connectivity index (χ2v) is 8.36. The van der Waals surface area contributed by atoms with Gasteiger partial charge >= 0.3 is 0 Å². The zero-order valence-corrected chi connectivity index (χ0v) is 15.8. The molecular formula is C20H25N5O. The van der Waals surface area contributed by atoms with Crippen molar-refractivity contribution in [1.29, 1.82) is 0 Å². The molecule has 4 rings (SSSR count). The van der Waals surface area contributed by atoms with Crippen molar-refractivity contribution in [2.45, 2.75) is 44.6 Å². The van der Waals surface area contributed by atoms with Crippen LogP contribution in [0.2, 0.25) is 0 Å². The van der Waals surface area contributed by atoms with E-state index in [1.165, 1.54) is 5.56 Å². The molecule has 0 bridgehead atoms. The number of nitrogens with one attached hydrogen (secondary N) is 1. The highest BCUT2D eigenvalue weighted by atomic mass is 16.1. The normalized spacial score (nSPS) is 16.0. The Kier molecular flexibility index (Phi) is 3.68. The number of nitrogens with zero attached hydrogens (tertiary/aromatic N) is 4. The summed E-state index contributed by atoms with van der Waals surface area (Å²) in [5, 5.41) is 4.91. The molecule has 136 valence electrons. The molecule has 1 saturated carbocycles. The smallest absolute Gasteiger partial charge is 0.263 e. The summed E-state index contributed by atoms with van der Waals surface area (Å²) in [6, 6.07) is 10.6. The van der Waals surface area contributed by atoms with Crippen LogP contribution in [0.5, 0.6) is 0 Å². The molecule has 0 radical (unpaired) electrons. The first-order valence-corrected chi connectivity index (χ1v) is 9.05. The number of H-pyrrole nitrogens is 1. The van der Waals surface area contributed by atoms with E-state index in [1.807, 2.05) is 17.8 Å². The third kappa shape index (κ3) is 2.79. The Bertz CT molecular complexity index is 992. The van der Waals surface area contributed by atoms with E-state index in [4.69, 9.17) is 4.98 Å². The average Bonchev–Trinajstić information content (AvgIpc) is 3.23. The molecule has 0 spiro atoms. The number of aromatic nitrogens is 4. The molecule has 3 aromatic rings. The van der Waals surface area contributed by atoms with Gasteiger partial charge in [-0.1, -0.05) is 30.3 Å². The Labute approximate surface area is 152 Å². The van der Waals surface area contributed by atoms with Gasteiger partial charge in [0.2, 0.25) is 5.95 Å². The van der Waals surface area contributed by atoms with E-state index in [1.54, 1.807) is 6.20 Å². The Morgan fingerprint density at radius 1 is 1.23 bits per heavy atom. The third-order valence-corrected chi connectivity index (χ3v) is 5.20. The van der Waals surface area contributed by atoms with Crippen LogP contribution in [0, 0.1) is 0 Å². The van der Waals surface area contributed by atoms with E-state index in [0.717, 1.165) is 19.4 Å². The van der Waals surface area contributed by atoms with Gasteiger partial charge in [0.05, 0.1) is 11.7 Å². The van der Waals surface area contributed by atoms with Gasteiger partial charge in [-0.3, -0.25) is 9.78 Å². The molecular weight excluding hydrogens is 326 g/mol. The Hall–Kier alpha value is -2.63. The topological polar surface area (TPSA) is 66.8 Å². The van der Waals surface area contributed by atoms with E-state index in [2.05, 4.69) is 60.0 Å². The number of hydrogen-bond acceptors (Lipinski definition) is 4. The van der Waals surface area contributed by atoms with Crippen molar-refractivity contribution in [1.82, 2.24) is 19.7 Å². The van der Waals surface area contributed by atoms with Gasteiger partial charge in [-0.2, -0.15) is 10.1 Å². The number of rotatable bonds is 4. The summed E-state index contributed by atoms with van der Waals surface area (Å²) >= 11 is 0. The lowest BCUT2D eigenvalue weighted by Gasteiger charge is -2.25. The number of benzene rings is 1. The quantitative estimate of drug-likeness (QED) is 0.784. The number of hydrogen-bond donors (Lipinski definition) is 1. The van der Waals surface area contributed by atoms with E-state index in [-0.39, 0.29) is 16.5 Å². The van der Waals surface area contributed by atoms with Gasteiger partial charge in [0.25, 0.3) is 5.56 Å². The van der Waals surface area contributed by atoms with Gasteiger partial charge in [0, 0.05) is 19.0 Å². The van der Waals surface area contributed by atoms with Crippen LogP contribution in [0.15, 0.2) is 41.3 Å². The molecule has 0 aliphatic heterocycles. The van der Waals surface area contributed by atoms with Crippen molar-refractivity contribution in [3.63, 3.8) is 0 Å². The van der Waals surface area contributed by atoms with Crippen molar-refractivity contribution in [3.05, 3.63) is 52.4 Å². The number of fused-ring (bicyclic) bond motifs is 1. The fourth-order valence-corrected chi connectivity index (χ4v) is 3.59. The lowest BCUT2D eigenvalue weighted by atomic mass is 9.95. The number of anilines is 1. The second-order valence-electron chi connectivity index (χ2n) is 8.36. The fourth-order valence-electron chi connectivity index (χ4n) is 3.59. The standard InChI is InChI=1S/C20H25N5O/c1-19(2,3)25-16-15(12-21-25)17(26)23-18(22-16)24(4)13-20(10-11-20)14-8-6-5-7-9-14/h5-9,12H,10-11,13H2,1-4H3,(H,22,23,26). The first-order chi connectivity index (χ1) is 12.3. The summed E-state index contributed by atoms with van der Waals surface area (Å²) in [4.78, 5) is 22.2. The summed E-state index contributed by atoms with van der Waals surface area (Å²) in [7, 11) is 1.99. The van der Waals surface area contributed by atoms with E-state index in [9.17, 15) is 4.79 Å². The molecule has 26 heavy (non-hydrogen) atoms. The summed E-state index contributed by atoms with van der Waals surface area (Å²) < 4.78 is 1.82. The van der Waals surface area contributed by atoms with Crippen molar-refractivity contribution < 1.29 is 0 Å². The van der Waals surface area contributed by atoms with Gasteiger partial charge in [0.1, 0.15) is 5.39 Å². The monoisotopic (exact) mass is 351 g/mol. The summed E-state index contributed by atoms with van der Waals surface area (Å²) in [6.45, 7) is 7.00. The summed E-state index contributed by atoms with van der Waals surface area (Å²) in [6.07, 6.45) is 3.92. The van der Waals surface area contributed by atoms with Crippen molar-refractivity contribution in [2.75, 3.05) is 18.5 Å². The maximum Gasteiger partial charge on any atom is 0.263 e. The minimum absolute atomic E-state index is 0.142. The van der Waals surface area contributed by atoms with E-state index >= 15 is 0 Å². The van der Waals surface area contributed by atoms with Crippen molar-refractivity contribution in [2.24, 2.45) is 0 Å². The molecule has 0 amide bonds. The zero-order valence-electron chi connectivity index (χ0n) is 15.8. The fraction of sp³-hybridized carbons (Fsp3) is 0.450. The molecule has 2 aromatic heterocycles. The van der Waals surface area contributed by atoms with Crippen molar-refractivity contribution >= 4 is 17.0 Å². The number of aromatic amines is 1. The van der Waals surface area contributed by atoms with Gasteiger partial charge in [0.15, 0.2) is 5.65 Å². The molecule has 1 fully saturated rings. The van der Waals surface area contributed by atoms with Gasteiger partial charge in [-0.15, -0.1) is 0 Å². The molecule has 6 heteroatoms. The van der Waals surface area contributed by atoms with Crippen LogP contribution in [-0.4, -0.2) is 33.3 Å². The molecule has 2 heterocycles. The minimum Gasteiger partial charge on any atom is -0.344 e. The van der Waals surface area contributed by atoms with Gasteiger partial charge < -0.3 is 4.90 Å². The summed E-state index contributed by atoms with van der Waals surface area (Å²) in [5.41, 5.74) is 1.77. The predicted octanol–water partition coefficient (Wildman–Crippen LogP) is 3.04. The van der Waals surface area contributed by atoms with Gasteiger partial charge in [-0.05, 0) is 39.2 Å². The lowest BCUT2D eigenvalue weighted by molar-refractivity contribution is 0.366. The number of likely N-dealkylation sites (N-methyl/N-ethyl adjacent to an activating group) is 1. The lowest BCUT2D eigenvalue weighted by Crippen LogP contribution is -2.32. The van der Waals surface area contributed by atoms with Crippen LogP contribution in [0.3, 0.4) is 0 Å². The van der Waals surface area contributed by atoms with E-state index in [0.29, 0.717) is 17.0 Å². The maximum absolute atomic E-state index is 12.5. The zero-order chi connectivity index (χ0) is 18.5. The van der Waals surface area contributed by atoms with Crippen LogP contribution < -0.4 is 10.5 Å². The first-order valence-electron chi connectivity index (χ1n) is 9.05. The molecule has 1 N–H and O–H groups in total. The van der Waals surface area contributed by atoms with Crippen LogP contribution in [0.1, 0.15) is 39.2 Å². The van der Waals surface area contributed by atoms with Crippen LogP contribution in [-0.2, 0) is 11.0 Å². The Balaban J connectivity index is 1.69. The van der Waals surface area contributed by atoms with Crippen LogP contribution in [0.25, 0.3) is 11.0 Å². The van der Waals surface area contributed by atoms with Crippen LogP contribution in [0.4, 0.5) is 5.95 Å². The SMILES string of the molecule is CN(CC1(c2ccccc2)CC1)c1nc2c(cnn2C(C)(C)C)c(=O)[nH]1. The first kappa shape index (κ1) is 16.8. The molecule has 1 aliphatic carbocycles. The average molecular weight is 351 g/mol. The molecule has 0 atom stereocenters. The minimum atomic E-state index is -0.236. The molecule has 0 unspecified atom stereocenters. The van der Waals surface area contributed by atoms with E-state index < -0.39 is 0 Å². The van der Waals surface area contributed by atoms with Crippen molar-refractivity contribution in [3.8, 4) is 0 Å². The highest BCUT2D eigenvalue weighted by molar-refractivity contribution is 5.74. The molecule has 1 aliphatic rings. The molecule has 0 saturated heterocycles. The van der Waals surface area contributed by atoms with Crippen LogP contribution >= 0.6 is 0 Å². The Morgan fingerprint density at radius 3 is 2.54 bits per heavy atom. The van der Waals surface area contributed by atoms with Gasteiger partial charge in [-0.25, -0.2) is 4.68 Å². The highest BCUT2D eigenvalue weighted by Crippen LogP contribution is 2.48. The molecule has 6 nitrogen and oxygen atoms in total.